The van der Waals surface area contributed by atoms with E-state index in [-0.39, 0.29) is 5.92 Å². The zero-order valence-electron chi connectivity index (χ0n) is 12.0. The van der Waals surface area contributed by atoms with Gasteiger partial charge in [-0.25, -0.2) is 9.59 Å². The zero-order chi connectivity index (χ0) is 15.8. The minimum Gasteiger partial charge on any atom is -0.480 e. The van der Waals surface area contributed by atoms with Crippen LogP contribution in [-0.2, 0) is 4.79 Å². The van der Waals surface area contributed by atoms with Crippen molar-refractivity contribution in [1.29, 1.82) is 0 Å². The van der Waals surface area contributed by atoms with Crippen LogP contribution >= 0.6 is 11.6 Å². The Labute approximate surface area is 129 Å². The van der Waals surface area contributed by atoms with Gasteiger partial charge in [0.15, 0.2) is 0 Å². The van der Waals surface area contributed by atoms with Gasteiger partial charge in [-0.3, -0.25) is 0 Å². The molecule has 6 heteroatoms. The van der Waals surface area contributed by atoms with Crippen LogP contribution in [0.5, 0.6) is 0 Å². The van der Waals surface area contributed by atoms with Crippen molar-refractivity contribution in [2.45, 2.75) is 26.3 Å². The number of carboxylic acids is 1. The van der Waals surface area contributed by atoms with E-state index in [1.54, 1.807) is 30.3 Å². The number of hydrogen-bond donors (Lipinski definition) is 3. The highest BCUT2D eigenvalue weighted by molar-refractivity contribution is 6.30. The van der Waals surface area contributed by atoms with E-state index < -0.39 is 18.0 Å². The van der Waals surface area contributed by atoms with E-state index in [1.165, 1.54) is 6.20 Å². The lowest BCUT2D eigenvalue weighted by Crippen LogP contribution is -2.45. The number of amides is 2. The first-order chi connectivity index (χ1) is 9.88. The van der Waals surface area contributed by atoms with Crippen LogP contribution in [-0.4, -0.2) is 23.1 Å². The molecule has 0 heterocycles. The molecule has 0 aliphatic rings. The number of carboxylic acid groups (broad SMARTS) is 1. The Kier molecular flexibility index (Phi) is 6.75. The molecule has 0 radical (unpaired) electrons. The molecule has 0 bridgehead atoms. The maximum Gasteiger partial charge on any atom is 0.326 e. The summed E-state index contributed by atoms with van der Waals surface area (Å²) in [6, 6.07) is 5.64. The van der Waals surface area contributed by atoms with Gasteiger partial charge in [-0.2, -0.15) is 0 Å². The highest BCUT2D eigenvalue weighted by Crippen LogP contribution is 2.10. The smallest absolute Gasteiger partial charge is 0.326 e. The molecule has 0 saturated carbocycles. The fourth-order valence-corrected chi connectivity index (χ4v) is 1.81. The molecule has 2 amide bonds. The summed E-state index contributed by atoms with van der Waals surface area (Å²) in [5.74, 6) is -0.864. The number of carbonyl (C=O) groups is 2. The summed E-state index contributed by atoms with van der Waals surface area (Å²) in [5.41, 5.74) is 0.872. The topological polar surface area (TPSA) is 78.4 Å². The molecule has 1 atom stereocenters. The van der Waals surface area contributed by atoms with E-state index in [0.29, 0.717) is 11.4 Å². The van der Waals surface area contributed by atoms with Gasteiger partial charge in [0.05, 0.1) is 0 Å². The number of hydrogen-bond acceptors (Lipinski definition) is 2. The Morgan fingerprint density at radius 2 is 1.90 bits per heavy atom. The molecular weight excluding hydrogens is 292 g/mol. The van der Waals surface area contributed by atoms with Crippen molar-refractivity contribution in [3.8, 4) is 0 Å². The van der Waals surface area contributed by atoms with Crippen molar-refractivity contribution in [3.05, 3.63) is 41.1 Å². The largest absolute Gasteiger partial charge is 0.480 e. The van der Waals surface area contributed by atoms with E-state index in [9.17, 15) is 9.59 Å². The van der Waals surface area contributed by atoms with Crippen molar-refractivity contribution in [2.75, 3.05) is 0 Å². The van der Waals surface area contributed by atoms with Crippen LogP contribution in [0, 0.1) is 5.92 Å². The van der Waals surface area contributed by atoms with E-state index in [1.807, 2.05) is 13.8 Å². The van der Waals surface area contributed by atoms with Gasteiger partial charge in [0, 0.05) is 11.2 Å². The van der Waals surface area contributed by atoms with E-state index in [4.69, 9.17) is 16.7 Å². The first-order valence-corrected chi connectivity index (χ1v) is 6.98. The van der Waals surface area contributed by atoms with E-state index >= 15 is 0 Å². The minimum atomic E-state index is -1.04. The molecule has 5 nitrogen and oxygen atoms in total. The van der Waals surface area contributed by atoms with Crippen molar-refractivity contribution in [3.63, 3.8) is 0 Å². The molecule has 1 aromatic carbocycles. The summed E-state index contributed by atoms with van der Waals surface area (Å²) in [6.07, 6.45) is 3.52. The number of rotatable bonds is 6. The number of nitrogens with one attached hydrogen (secondary N) is 2. The summed E-state index contributed by atoms with van der Waals surface area (Å²) < 4.78 is 0. The highest BCUT2D eigenvalue weighted by Gasteiger charge is 2.20. The average molecular weight is 311 g/mol. The number of halogens is 1. The van der Waals surface area contributed by atoms with Crippen LogP contribution in [0.4, 0.5) is 4.79 Å². The fourth-order valence-electron chi connectivity index (χ4n) is 1.68. The molecule has 0 aliphatic carbocycles. The molecule has 0 aromatic heterocycles. The average Bonchev–Trinajstić information content (AvgIpc) is 2.39. The van der Waals surface area contributed by atoms with Crippen LogP contribution in [0.2, 0.25) is 5.02 Å². The number of aliphatic carboxylic acids is 1. The Bertz CT molecular complexity index is 512. The predicted octanol–water partition coefficient (Wildman–Crippen LogP) is 3.11. The minimum absolute atomic E-state index is 0.177. The van der Waals surface area contributed by atoms with Crippen LogP contribution < -0.4 is 10.6 Å². The van der Waals surface area contributed by atoms with Crippen LogP contribution in [0.15, 0.2) is 30.5 Å². The van der Waals surface area contributed by atoms with Gasteiger partial charge in [-0.1, -0.05) is 37.6 Å². The second-order valence-electron chi connectivity index (χ2n) is 5.02. The molecule has 1 rings (SSSR count). The van der Waals surface area contributed by atoms with Crippen molar-refractivity contribution < 1.29 is 14.7 Å². The second-order valence-corrected chi connectivity index (χ2v) is 5.46. The second kappa shape index (κ2) is 8.32. The Morgan fingerprint density at radius 3 is 2.43 bits per heavy atom. The molecule has 0 saturated heterocycles. The summed E-state index contributed by atoms with van der Waals surface area (Å²) >= 11 is 5.77. The summed E-state index contributed by atoms with van der Waals surface area (Å²) in [5, 5.41) is 14.6. The normalized spacial score (nSPS) is 12.4. The molecular formula is C15H19ClN2O3. The Balaban J connectivity index is 2.48. The van der Waals surface area contributed by atoms with E-state index in [2.05, 4.69) is 10.6 Å². The quantitative estimate of drug-likeness (QED) is 0.755. The summed E-state index contributed by atoms with van der Waals surface area (Å²) in [7, 11) is 0. The van der Waals surface area contributed by atoms with Crippen LogP contribution in [0.3, 0.4) is 0 Å². The molecule has 21 heavy (non-hydrogen) atoms. The van der Waals surface area contributed by atoms with Gasteiger partial charge in [0.1, 0.15) is 6.04 Å². The maximum absolute atomic E-state index is 11.6. The monoisotopic (exact) mass is 310 g/mol. The van der Waals surface area contributed by atoms with Crippen LogP contribution in [0.1, 0.15) is 25.8 Å². The van der Waals surface area contributed by atoms with E-state index in [0.717, 1.165) is 5.56 Å². The van der Waals surface area contributed by atoms with Crippen molar-refractivity contribution in [2.24, 2.45) is 5.92 Å². The lowest BCUT2D eigenvalue weighted by atomic mass is 10.0. The SMILES string of the molecule is CC(C)CC(NC(=O)N/C=C/c1ccc(Cl)cc1)C(=O)O. The third-order valence-electron chi connectivity index (χ3n) is 2.67. The highest BCUT2D eigenvalue weighted by atomic mass is 35.5. The zero-order valence-corrected chi connectivity index (χ0v) is 12.7. The number of carbonyl (C=O) groups excluding carboxylic acids is 1. The standard InChI is InChI=1S/C15H19ClN2O3/c1-10(2)9-13(14(19)20)18-15(21)17-8-7-11-3-5-12(16)6-4-11/h3-8,10,13H,9H2,1-2H3,(H,19,20)(H2,17,18,21)/b8-7+. The Hall–Kier alpha value is -2.01. The van der Waals surface area contributed by atoms with Gasteiger partial charge in [0.2, 0.25) is 0 Å². The lowest BCUT2D eigenvalue weighted by Gasteiger charge is -2.15. The van der Waals surface area contributed by atoms with Gasteiger partial charge in [-0.15, -0.1) is 0 Å². The Morgan fingerprint density at radius 1 is 1.29 bits per heavy atom. The molecule has 0 fully saturated rings. The molecule has 0 spiro atoms. The van der Waals surface area contributed by atoms with Crippen molar-refractivity contribution >= 4 is 29.7 Å². The summed E-state index contributed by atoms with van der Waals surface area (Å²) in [4.78, 5) is 22.7. The van der Waals surface area contributed by atoms with Gasteiger partial charge >= 0.3 is 12.0 Å². The van der Waals surface area contributed by atoms with Gasteiger partial charge < -0.3 is 15.7 Å². The molecule has 114 valence electrons. The number of benzene rings is 1. The lowest BCUT2D eigenvalue weighted by molar-refractivity contribution is -0.139. The molecule has 1 aromatic rings. The first-order valence-electron chi connectivity index (χ1n) is 6.60. The first kappa shape index (κ1) is 17.0. The molecule has 0 aliphatic heterocycles. The van der Waals surface area contributed by atoms with Crippen LogP contribution in [0.25, 0.3) is 6.08 Å². The third-order valence-corrected chi connectivity index (χ3v) is 2.92. The molecule has 3 N–H and O–H groups in total. The summed E-state index contributed by atoms with van der Waals surface area (Å²) in [6.45, 7) is 3.80. The van der Waals surface area contributed by atoms with Gasteiger partial charge in [0.25, 0.3) is 0 Å². The predicted molar refractivity (Wildman–Crippen MR) is 83.0 cm³/mol. The van der Waals surface area contributed by atoms with Crippen molar-refractivity contribution in [1.82, 2.24) is 10.6 Å². The number of urea groups is 1. The molecule has 1 unspecified atom stereocenters. The maximum atomic E-state index is 11.6. The fraction of sp³-hybridized carbons (Fsp3) is 0.333. The van der Waals surface area contributed by atoms with Gasteiger partial charge in [-0.05, 0) is 36.1 Å². The third kappa shape index (κ3) is 6.81.